The van der Waals surface area contributed by atoms with E-state index >= 15 is 0 Å². The number of sulfonamides is 1. The van der Waals surface area contributed by atoms with Crippen molar-refractivity contribution in [3.05, 3.63) is 27.7 Å². The topological polar surface area (TPSA) is 80.5 Å². The van der Waals surface area contributed by atoms with Crippen LogP contribution in [-0.4, -0.2) is 32.8 Å². The Morgan fingerprint density at radius 2 is 2.05 bits per heavy atom. The Morgan fingerprint density at radius 1 is 1.43 bits per heavy atom. The number of rotatable bonds is 4. The Kier molecular flexibility index (Phi) is 4.75. The summed E-state index contributed by atoms with van der Waals surface area (Å²) in [4.78, 5) is 14.0. The van der Waals surface area contributed by atoms with Gasteiger partial charge in [-0.05, 0) is 59.3 Å². The zero-order valence-corrected chi connectivity index (χ0v) is 14.5. The lowest BCUT2D eigenvalue weighted by atomic mass is 9.85. The summed E-state index contributed by atoms with van der Waals surface area (Å²) < 4.78 is 23.6. The van der Waals surface area contributed by atoms with Crippen molar-refractivity contribution < 1.29 is 13.2 Å². The minimum absolute atomic E-state index is 0.0529. The number of nitrogens with two attached hydrogens (primary N) is 1. The second-order valence-corrected chi connectivity index (χ2v) is 7.96. The number of carbonyl (C=O) groups is 1. The van der Waals surface area contributed by atoms with Crippen LogP contribution < -0.4 is 5.14 Å². The molecule has 5 nitrogen and oxygen atoms in total. The first-order valence-corrected chi connectivity index (χ1v) is 9.12. The average Bonchev–Trinajstić information content (AvgIpc) is 2.34. The first kappa shape index (κ1) is 16.5. The zero-order valence-electron chi connectivity index (χ0n) is 12.1. The van der Waals surface area contributed by atoms with Gasteiger partial charge in [0.05, 0.1) is 4.90 Å². The molecule has 21 heavy (non-hydrogen) atoms. The summed E-state index contributed by atoms with van der Waals surface area (Å²) in [5, 5.41) is 5.20. The van der Waals surface area contributed by atoms with Crippen LogP contribution in [0.2, 0.25) is 0 Å². The first-order valence-electron chi connectivity index (χ1n) is 6.78. The number of primary sulfonamides is 1. The third kappa shape index (κ3) is 3.64. The lowest BCUT2D eigenvalue weighted by Gasteiger charge is -2.30. The SMILES string of the molecule is Cc1cc(C(=O)N(C)CC2CCC2)cc(S(N)(=O)=O)c1Br. The molecule has 0 radical (unpaired) electrons. The summed E-state index contributed by atoms with van der Waals surface area (Å²) in [6.45, 7) is 2.44. The molecule has 0 bridgehead atoms. The van der Waals surface area contributed by atoms with Crippen LogP contribution in [0.3, 0.4) is 0 Å². The summed E-state index contributed by atoms with van der Waals surface area (Å²) in [5.74, 6) is 0.385. The number of aryl methyl sites for hydroxylation is 1. The van der Waals surface area contributed by atoms with E-state index in [9.17, 15) is 13.2 Å². The highest BCUT2D eigenvalue weighted by molar-refractivity contribution is 9.10. The van der Waals surface area contributed by atoms with Gasteiger partial charge in [0.2, 0.25) is 10.0 Å². The third-order valence-electron chi connectivity index (χ3n) is 3.88. The van der Waals surface area contributed by atoms with Crippen LogP contribution in [0.1, 0.15) is 35.2 Å². The molecule has 1 amide bonds. The Hall–Kier alpha value is -0.920. The van der Waals surface area contributed by atoms with Gasteiger partial charge in [-0.1, -0.05) is 6.42 Å². The van der Waals surface area contributed by atoms with Gasteiger partial charge < -0.3 is 4.90 Å². The summed E-state index contributed by atoms with van der Waals surface area (Å²) in [5.41, 5.74) is 1.02. The predicted molar refractivity (Wildman–Crippen MR) is 84.6 cm³/mol. The van der Waals surface area contributed by atoms with Gasteiger partial charge in [0, 0.05) is 23.6 Å². The molecule has 0 aliphatic heterocycles. The van der Waals surface area contributed by atoms with Crippen LogP contribution >= 0.6 is 15.9 Å². The Bertz CT molecular complexity index is 669. The lowest BCUT2D eigenvalue weighted by molar-refractivity contribution is 0.0745. The van der Waals surface area contributed by atoms with E-state index in [1.807, 2.05) is 0 Å². The molecular formula is C14H19BrN2O3S. The van der Waals surface area contributed by atoms with Gasteiger partial charge in [-0.3, -0.25) is 4.79 Å². The number of hydrogen-bond acceptors (Lipinski definition) is 3. The van der Waals surface area contributed by atoms with Gasteiger partial charge in [0.1, 0.15) is 0 Å². The van der Waals surface area contributed by atoms with Crippen molar-refractivity contribution in [3.63, 3.8) is 0 Å². The van der Waals surface area contributed by atoms with Gasteiger partial charge in [0.15, 0.2) is 0 Å². The fraction of sp³-hybridized carbons (Fsp3) is 0.500. The fourth-order valence-electron chi connectivity index (χ4n) is 2.43. The van der Waals surface area contributed by atoms with E-state index in [2.05, 4.69) is 15.9 Å². The quantitative estimate of drug-likeness (QED) is 0.877. The normalized spacial score (nSPS) is 15.6. The summed E-state index contributed by atoms with van der Waals surface area (Å²) in [7, 11) is -2.13. The van der Waals surface area contributed by atoms with Crippen molar-refractivity contribution in [3.8, 4) is 0 Å². The molecule has 0 atom stereocenters. The van der Waals surface area contributed by atoms with Gasteiger partial charge in [-0.25, -0.2) is 13.6 Å². The molecule has 0 spiro atoms. The lowest BCUT2D eigenvalue weighted by Crippen LogP contribution is -2.34. The maximum atomic E-state index is 12.4. The Morgan fingerprint density at radius 3 is 2.52 bits per heavy atom. The van der Waals surface area contributed by atoms with E-state index in [-0.39, 0.29) is 10.8 Å². The number of benzene rings is 1. The molecule has 0 heterocycles. The van der Waals surface area contributed by atoms with Crippen LogP contribution in [0.5, 0.6) is 0 Å². The van der Waals surface area contributed by atoms with Crippen molar-refractivity contribution in [1.82, 2.24) is 4.90 Å². The van der Waals surface area contributed by atoms with E-state index in [4.69, 9.17) is 5.14 Å². The van der Waals surface area contributed by atoms with Crippen molar-refractivity contribution >= 4 is 31.9 Å². The monoisotopic (exact) mass is 374 g/mol. The molecule has 1 aromatic carbocycles. The smallest absolute Gasteiger partial charge is 0.253 e. The predicted octanol–water partition coefficient (Wildman–Crippen LogP) is 2.28. The van der Waals surface area contributed by atoms with Crippen molar-refractivity contribution in [1.29, 1.82) is 0 Å². The number of amides is 1. The molecule has 116 valence electrons. The standard InChI is InChI=1S/C14H19BrN2O3S/c1-9-6-11(7-12(13(9)15)21(16,19)20)14(18)17(2)8-10-4-3-5-10/h6-7,10H,3-5,8H2,1-2H3,(H2,16,19,20). The maximum absolute atomic E-state index is 12.4. The molecule has 1 aromatic rings. The van der Waals surface area contributed by atoms with Crippen LogP contribution in [0.15, 0.2) is 21.5 Å². The fourth-order valence-corrected chi connectivity index (χ4v) is 4.04. The largest absolute Gasteiger partial charge is 0.341 e. The molecule has 0 unspecified atom stereocenters. The van der Waals surface area contributed by atoms with Crippen LogP contribution in [0.25, 0.3) is 0 Å². The van der Waals surface area contributed by atoms with Crippen LogP contribution in [-0.2, 0) is 10.0 Å². The Labute approximate surface area is 133 Å². The van der Waals surface area contributed by atoms with Gasteiger partial charge in [-0.15, -0.1) is 0 Å². The molecule has 2 rings (SSSR count). The molecule has 1 saturated carbocycles. The highest BCUT2D eigenvalue weighted by atomic mass is 79.9. The van der Waals surface area contributed by atoms with Crippen molar-refractivity contribution in [2.45, 2.75) is 31.1 Å². The molecule has 7 heteroatoms. The van der Waals surface area contributed by atoms with E-state index in [0.717, 1.165) is 12.8 Å². The number of nitrogens with zero attached hydrogens (tertiary/aromatic N) is 1. The molecule has 0 aromatic heterocycles. The van der Waals surface area contributed by atoms with Crippen molar-refractivity contribution in [2.24, 2.45) is 11.1 Å². The van der Waals surface area contributed by atoms with E-state index in [0.29, 0.717) is 28.1 Å². The highest BCUT2D eigenvalue weighted by Gasteiger charge is 2.24. The maximum Gasteiger partial charge on any atom is 0.253 e. The highest BCUT2D eigenvalue weighted by Crippen LogP contribution is 2.29. The molecule has 1 fully saturated rings. The number of halogens is 1. The van der Waals surface area contributed by atoms with Gasteiger partial charge in [0.25, 0.3) is 5.91 Å². The average molecular weight is 375 g/mol. The van der Waals surface area contributed by atoms with E-state index < -0.39 is 10.0 Å². The van der Waals surface area contributed by atoms with Gasteiger partial charge in [-0.2, -0.15) is 0 Å². The zero-order chi connectivity index (χ0) is 15.8. The van der Waals surface area contributed by atoms with E-state index in [1.165, 1.54) is 12.5 Å². The summed E-state index contributed by atoms with van der Waals surface area (Å²) in [6.07, 6.45) is 3.53. The molecular weight excluding hydrogens is 356 g/mol. The first-order chi connectivity index (χ1) is 9.70. The van der Waals surface area contributed by atoms with Crippen LogP contribution in [0, 0.1) is 12.8 Å². The minimum Gasteiger partial charge on any atom is -0.341 e. The van der Waals surface area contributed by atoms with Crippen LogP contribution in [0.4, 0.5) is 0 Å². The minimum atomic E-state index is -3.87. The molecule has 0 saturated heterocycles. The van der Waals surface area contributed by atoms with Gasteiger partial charge >= 0.3 is 0 Å². The Balaban J connectivity index is 2.30. The number of hydrogen-bond donors (Lipinski definition) is 1. The van der Waals surface area contributed by atoms with E-state index in [1.54, 1.807) is 24.9 Å². The molecule has 1 aliphatic rings. The number of carbonyl (C=O) groups excluding carboxylic acids is 1. The second-order valence-electron chi connectivity index (χ2n) is 5.63. The summed E-state index contributed by atoms with van der Waals surface area (Å²) in [6, 6.07) is 3.02. The molecule has 2 N–H and O–H groups in total. The van der Waals surface area contributed by atoms with Crippen molar-refractivity contribution in [2.75, 3.05) is 13.6 Å². The third-order valence-corrected chi connectivity index (χ3v) is 6.13. The summed E-state index contributed by atoms with van der Waals surface area (Å²) >= 11 is 3.21. The second kappa shape index (κ2) is 6.06. The molecule has 1 aliphatic carbocycles.